The minimum absolute atomic E-state index is 0.0146. The molecule has 1 aliphatic rings. The molecule has 1 fully saturated rings. The summed E-state index contributed by atoms with van der Waals surface area (Å²) in [5, 5.41) is 1.26. The van der Waals surface area contributed by atoms with Gasteiger partial charge >= 0.3 is 0 Å². The van der Waals surface area contributed by atoms with E-state index in [1.807, 2.05) is 61.5 Å². The second kappa shape index (κ2) is 10.7. The Bertz CT molecular complexity index is 943. The number of amidine groups is 1. The summed E-state index contributed by atoms with van der Waals surface area (Å²) in [6.45, 7) is 6.86. The molecule has 0 aromatic heterocycles. The van der Waals surface area contributed by atoms with Gasteiger partial charge in [-0.2, -0.15) is 0 Å². The van der Waals surface area contributed by atoms with Crippen LogP contribution in [0.4, 0.5) is 5.69 Å². The Morgan fingerprint density at radius 1 is 1.20 bits per heavy atom. The number of carbonyl (C=O) groups excluding carboxylic acids is 1. The molecule has 1 heterocycles. The molecule has 0 N–H and O–H groups in total. The van der Waals surface area contributed by atoms with Crippen LogP contribution < -0.4 is 4.74 Å². The highest BCUT2D eigenvalue weighted by atomic mass is 35.5. The zero-order valence-electron chi connectivity index (χ0n) is 17.6. The number of hydrogen-bond acceptors (Lipinski definition) is 4. The Labute approximate surface area is 188 Å². The lowest BCUT2D eigenvalue weighted by molar-refractivity contribution is -0.122. The fourth-order valence-corrected chi connectivity index (χ4v) is 4.13. The fraction of sp³-hybridized carbons (Fsp3) is 0.333. The summed E-state index contributed by atoms with van der Waals surface area (Å²) in [5.74, 6) is 0.647. The Kier molecular flexibility index (Phi) is 8.00. The number of ether oxygens (including phenoxy) is 1. The zero-order valence-corrected chi connectivity index (χ0v) is 19.2. The first kappa shape index (κ1) is 22.4. The molecule has 0 radical (unpaired) electrons. The lowest BCUT2D eigenvalue weighted by Gasteiger charge is -2.15. The van der Waals surface area contributed by atoms with Crippen LogP contribution in [0.2, 0.25) is 5.02 Å². The minimum atomic E-state index is -0.0146. The zero-order chi connectivity index (χ0) is 21.5. The molecule has 30 heavy (non-hydrogen) atoms. The van der Waals surface area contributed by atoms with Crippen LogP contribution in [0.5, 0.6) is 5.75 Å². The van der Waals surface area contributed by atoms with Crippen molar-refractivity contribution in [3.8, 4) is 5.75 Å². The molecule has 0 spiro atoms. The Morgan fingerprint density at radius 3 is 2.63 bits per heavy atom. The Hall–Kier alpha value is -2.24. The number of para-hydroxylation sites is 1. The van der Waals surface area contributed by atoms with Gasteiger partial charge in [0, 0.05) is 6.54 Å². The van der Waals surface area contributed by atoms with Crippen molar-refractivity contribution in [2.75, 3.05) is 6.54 Å². The van der Waals surface area contributed by atoms with Gasteiger partial charge in [-0.05, 0) is 67.4 Å². The van der Waals surface area contributed by atoms with Crippen LogP contribution in [0, 0.1) is 0 Å². The van der Waals surface area contributed by atoms with Crippen molar-refractivity contribution in [1.82, 2.24) is 4.90 Å². The molecule has 0 saturated carbocycles. The van der Waals surface area contributed by atoms with E-state index in [0.717, 1.165) is 30.5 Å². The second-order valence-electron chi connectivity index (χ2n) is 7.18. The fourth-order valence-electron chi connectivity index (χ4n) is 2.87. The molecule has 0 aliphatic carbocycles. The predicted octanol–water partition coefficient (Wildman–Crippen LogP) is 6.92. The van der Waals surface area contributed by atoms with Crippen LogP contribution in [-0.4, -0.2) is 28.6 Å². The number of halogens is 1. The molecular formula is C24H27ClN2O2S. The molecule has 158 valence electrons. The second-order valence-corrected chi connectivity index (χ2v) is 8.59. The first-order chi connectivity index (χ1) is 14.5. The molecule has 4 nitrogen and oxygen atoms in total. The average molecular weight is 443 g/mol. The molecule has 0 unspecified atom stereocenters. The number of benzene rings is 2. The van der Waals surface area contributed by atoms with Crippen LogP contribution in [0.15, 0.2) is 58.4 Å². The van der Waals surface area contributed by atoms with Gasteiger partial charge < -0.3 is 4.74 Å². The lowest BCUT2D eigenvalue weighted by Crippen LogP contribution is -2.30. The van der Waals surface area contributed by atoms with Gasteiger partial charge in [0.25, 0.3) is 5.91 Å². The number of unbranched alkanes of at least 4 members (excludes halogenated alkanes) is 1. The molecule has 3 rings (SSSR count). The Morgan fingerprint density at radius 2 is 1.97 bits per heavy atom. The lowest BCUT2D eigenvalue weighted by atomic mass is 10.2. The van der Waals surface area contributed by atoms with E-state index >= 15 is 0 Å². The van der Waals surface area contributed by atoms with Gasteiger partial charge in [0.2, 0.25) is 0 Å². The van der Waals surface area contributed by atoms with Gasteiger partial charge in [-0.25, -0.2) is 4.99 Å². The number of nitrogens with zero attached hydrogens (tertiary/aromatic N) is 2. The van der Waals surface area contributed by atoms with E-state index in [1.165, 1.54) is 11.8 Å². The van der Waals surface area contributed by atoms with Crippen LogP contribution in [0.25, 0.3) is 6.08 Å². The molecule has 1 aliphatic heterocycles. The number of amides is 1. The normalized spacial score (nSPS) is 17.7. The smallest absolute Gasteiger partial charge is 0.266 e. The van der Waals surface area contributed by atoms with E-state index in [1.54, 1.807) is 4.90 Å². The molecular weight excluding hydrogens is 416 g/mol. The number of carbonyl (C=O) groups is 1. The molecule has 2 aromatic carbocycles. The first-order valence-electron chi connectivity index (χ1n) is 10.3. The van der Waals surface area contributed by atoms with Crippen LogP contribution >= 0.6 is 23.4 Å². The molecule has 1 amide bonds. The Balaban J connectivity index is 1.86. The van der Waals surface area contributed by atoms with Gasteiger partial charge in [-0.1, -0.05) is 56.1 Å². The van der Waals surface area contributed by atoms with E-state index in [-0.39, 0.29) is 12.0 Å². The van der Waals surface area contributed by atoms with Crippen LogP contribution in [-0.2, 0) is 4.79 Å². The summed E-state index contributed by atoms with van der Waals surface area (Å²) in [7, 11) is 0. The van der Waals surface area contributed by atoms with E-state index in [9.17, 15) is 4.79 Å². The van der Waals surface area contributed by atoms with E-state index in [2.05, 4.69) is 13.8 Å². The summed E-state index contributed by atoms with van der Waals surface area (Å²) >= 11 is 7.81. The van der Waals surface area contributed by atoms with Gasteiger partial charge in [0.05, 0.1) is 21.7 Å². The van der Waals surface area contributed by atoms with Gasteiger partial charge in [0.15, 0.2) is 5.17 Å². The minimum Gasteiger partial charge on any atom is -0.489 e. The standard InChI is InChI=1S/C24H27ClN2O2S/c1-4-6-14-27-23(28)22(30-24(27)26-19-10-8-7-9-11-19)16-18-12-13-21(20(25)15-18)29-17(3)5-2/h7-13,15-17H,4-6,14H2,1-3H3/b22-16-,26-24?/t17-/m1/s1. The SMILES string of the molecule is CCCCN1C(=O)/C(=C/c2ccc(O[C@H](C)CC)c(Cl)c2)SC1=Nc1ccccc1. The van der Waals surface area contributed by atoms with Crippen molar-refractivity contribution in [1.29, 1.82) is 0 Å². The van der Waals surface area contributed by atoms with Crippen molar-refractivity contribution < 1.29 is 9.53 Å². The molecule has 0 bridgehead atoms. The number of hydrogen-bond donors (Lipinski definition) is 0. The van der Waals surface area contributed by atoms with Gasteiger partial charge in [0.1, 0.15) is 5.75 Å². The maximum Gasteiger partial charge on any atom is 0.266 e. The largest absolute Gasteiger partial charge is 0.489 e. The average Bonchev–Trinajstić information content (AvgIpc) is 3.03. The third kappa shape index (κ3) is 5.67. The predicted molar refractivity (Wildman–Crippen MR) is 128 cm³/mol. The number of thioether (sulfide) groups is 1. The van der Waals surface area contributed by atoms with E-state index in [0.29, 0.717) is 27.4 Å². The monoisotopic (exact) mass is 442 g/mol. The van der Waals surface area contributed by atoms with Gasteiger partial charge in [-0.3, -0.25) is 9.69 Å². The van der Waals surface area contributed by atoms with Crippen molar-refractivity contribution in [2.45, 2.75) is 46.1 Å². The van der Waals surface area contributed by atoms with E-state index < -0.39 is 0 Å². The summed E-state index contributed by atoms with van der Waals surface area (Å²) in [5.41, 5.74) is 1.70. The summed E-state index contributed by atoms with van der Waals surface area (Å²) in [6.07, 6.45) is 4.82. The highest BCUT2D eigenvalue weighted by Crippen LogP contribution is 2.35. The summed E-state index contributed by atoms with van der Waals surface area (Å²) < 4.78 is 5.83. The van der Waals surface area contributed by atoms with Crippen molar-refractivity contribution in [2.24, 2.45) is 4.99 Å². The van der Waals surface area contributed by atoms with Crippen LogP contribution in [0.1, 0.15) is 45.6 Å². The third-order valence-corrected chi connectivity index (χ3v) is 6.06. The number of aliphatic imine (C=N–C) groups is 1. The molecule has 2 aromatic rings. The highest BCUT2D eigenvalue weighted by molar-refractivity contribution is 8.18. The maximum absolute atomic E-state index is 13.1. The number of rotatable bonds is 8. The highest BCUT2D eigenvalue weighted by Gasteiger charge is 2.32. The molecule has 1 atom stereocenters. The van der Waals surface area contributed by atoms with Crippen LogP contribution in [0.3, 0.4) is 0 Å². The van der Waals surface area contributed by atoms with Gasteiger partial charge in [-0.15, -0.1) is 0 Å². The summed E-state index contributed by atoms with van der Waals surface area (Å²) in [4.78, 5) is 20.2. The van der Waals surface area contributed by atoms with Crippen molar-refractivity contribution in [3.05, 3.63) is 64.0 Å². The topological polar surface area (TPSA) is 41.9 Å². The van der Waals surface area contributed by atoms with Crippen molar-refractivity contribution in [3.63, 3.8) is 0 Å². The maximum atomic E-state index is 13.1. The summed E-state index contributed by atoms with van der Waals surface area (Å²) in [6, 6.07) is 15.3. The van der Waals surface area contributed by atoms with Crippen molar-refractivity contribution >= 4 is 46.2 Å². The molecule has 1 saturated heterocycles. The van der Waals surface area contributed by atoms with E-state index in [4.69, 9.17) is 21.3 Å². The first-order valence-corrected chi connectivity index (χ1v) is 11.5. The molecule has 6 heteroatoms. The quantitative estimate of drug-likeness (QED) is 0.416. The third-order valence-electron chi connectivity index (χ3n) is 4.76.